The summed E-state index contributed by atoms with van der Waals surface area (Å²) in [6, 6.07) is 7.98. The van der Waals surface area contributed by atoms with Crippen molar-refractivity contribution in [1.29, 1.82) is 0 Å². The third kappa shape index (κ3) is 3.82. The predicted octanol–water partition coefficient (Wildman–Crippen LogP) is 2.79. The van der Waals surface area contributed by atoms with Crippen LogP contribution in [0.2, 0.25) is 0 Å². The summed E-state index contributed by atoms with van der Waals surface area (Å²) in [6.45, 7) is 0.339. The van der Waals surface area contributed by atoms with Crippen LogP contribution in [0.15, 0.2) is 41.0 Å². The Morgan fingerprint density at radius 1 is 1.32 bits per heavy atom. The number of rotatable bonds is 6. The molecule has 114 valence electrons. The number of carbonyl (C=O) groups is 3. The van der Waals surface area contributed by atoms with Gasteiger partial charge in [-0.05, 0) is 30.3 Å². The first-order chi connectivity index (χ1) is 10.5. The number of carbonyl (C=O) groups excluding carboxylic acids is 2. The number of benzene rings is 1. The largest absolute Gasteiger partial charge is 0.478 e. The number of carboxylic acid groups (broad SMARTS) is 1. The average Bonchev–Trinajstić information content (AvgIpc) is 2.94. The van der Waals surface area contributed by atoms with E-state index in [0.717, 1.165) is 6.29 Å². The number of hydrogen-bond donors (Lipinski definition) is 2. The van der Waals surface area contributed by atoms with E-state index in [1.807, 2.05) is 0 Å². The lowest BCUT2D eigenvalue weighted by molar-refractivity contribution is -0.116. The van der Waals surface area contributed by atoms with Gasteiger partial charge in [0.25, 0.3) is 0 Å². The number of amides is 1. The van der Waals surface area contributed by atoms with Crippen LogP contribution < -0.4 is 5.32 Å². The molecule has 0 aliphatic rings. The summed E-state index contributed by atoms with van der Waals surface area (Å²) in [5.41, 5.74) is 0.740. The van der Waals surface area contributed by atoms with Crippen molar-refractivity contribution < 1.29 is 19.5 Å². The number of anilines is 1. The molecule has 0 spiro atoms. The van der Waals surface area contributed by atoms with E-state index in [1.165, 1.54) is 12.1 Å². The van der Waals surface area contributed by atoms with Gasteiger partial charge in [0.2, 0.25) is 5.91 Å². The van der Waals surface area contributed by atoms with Crippen LogP contribution in [0.5, 0.6) is 0 Å². The summed E-state index contributed by atoms with van der Waals surface area (Å²) in [6.07, 6.45) is 2.55. The number of halogens is 1. The fourth-order valence-corrected chi connectivity index (χ4v) is 2.34. The number of nitrogens with one attached hydrogen (secondary N) is 1. The Balaban J connectivity index is 2.03. The van der Waals surface area contributed by atoms with Crippen molar-refractivity contribution in [2.24, 2.45) is 0 Å². The van der Waals surface area contributed by atoms with Crippen LogP contribution in [0.25, 0.3) is 0 Å². The SMILES string of the molecule is O=Cc1cccn1CCC(=O)Nc1ccc(Br)cc1C(=O)O. The van der Waals surface area contributed by atoms with Crippen LogP contribution >= 0.6 is 15.9 Å². The monoisotopic (exact) mass is 364 g/mol. The van der Waals surface area contributed by atoms with Crippen LogP contribution in [0.4, 0.5) is 5.69 Å². The van der Waals surface area contributed by atoms with Crippen molar-refractivity contribution in [3.8, 4) is 0 Å². The number of nitrogens with zero attached hydrogens (tertiary/aromatic N) is 1. The van der Waals surface area contributed by atoms with Crippen molar-refractivity contribution in [3.63, 3.8) is 0 Å². The summed E-state index contributed by atoms with van der Waals surface area (Å²) in [5, 5.41) is 11.7. The molecule has 2 rings (SSSR count). The van der Waals surface area contributed by atoms with Crippen LogP contribution in [0.1, 0.15) is 27.3 Å². The standard InChI is InChI=1S/C15H13BrN2O4/c16-10-3-4-13(12(8-10)15(21)22)17-14(20)5-7-18-6-1-2-11(18)9-19/h1-4,6,8-9H,5,7H2,(H,17,20)(H,21,22). The highest BCUT2D eigenvalue weighted by atomic mass is 79.9. The third-order valence-electron chi connectivity index (χ3n) is 3.05. The molecule has 6 nitrogen and oxygen atoms in total. The first-order valence-electron chi connectivity index (χ1n) is 6.44. The summed E-state index contributed by atoms with van der Waals surface area (Å²) in [7, 11) is 0. The van der Waals surface area contributed by atoms with Gasteiger partial charge in [0, 0.05) is 23.6 Å². The first kappa shape index (κ1) is 16.0. The molecule has 0 fully saturated rings. The number of aryl methyl sites for hydroxylation is 1. The van der Waals surface area contributed by atoms with Crippen molar-refractivity contribution in [3.05, 3.63) is 52.3 Å². The molecule has 7 heteroatoms. The maximum atomic E-state index is 11.9. The fourth-order valence-electron chi connectivity index (χ4n) is 1.98. The second kappa shape index (κ2) is 7.04. The van der Waals surface area contributed by atoms with Gasteiger partial charge in [0.15, 0.2) is 6.29 Å². The van der Waals surface area contributed by atoms with Crippen molar-refractivity contribution in [2.75, 3.05) is 5.32 Å². The van der Waals surface area contributed by atoms with Gasteiger partial charge in [-0.25, -0.2) is 4.79 Å². The van der Waals surface area contributed by atoms with Gasteiger partial charge in [-0.1, -0.05) is 15.9 Å². The second-order valence-corrected chi connectivity index (χ2v) is 5.45. The molecule has 2 N–H and O–H groups in total. The summed E-state index contributed by atoms with van der Waals surface area (Å²) >= 11 is 3.19. The van der Waals surface area contributed by atoms with E-state index >= 15 is 0 Å². The second-order valence-electron chi connectivity index (χ2n) is 4.54. The summed E-state index contributed by atoms with van der Waals surface area (Å²) in [5.74, 6) is -1.44. The Bertz CT molecular complexity index is 724. The smallest absolute Gasteiger partial charge is 0.337 e. The van der Waals surface area contributed by atoms with Crippen LogP contribution in [-0.4, -0.2) is 27.8 Å². The van der Waals surface area contributed by atoms with Gasteiger partial charge in [-0.15, -0.1) is 0 Å². The van der Waals surface area contributed by atoms with Gasteiger partial charge in [-0.3, -0.25) is 9.59 Å². The van der Waals surface area contributed by atoms with E-state index in [9.17, 15) is 14.4 Å². The number of carboxylic acids is 1. The molecule has 22 heavy (non-hydrogen) atoms. The number of aromatic nitrogens is 1. The molecular formula is C15H13BrN2O4. The van der Waals surface area contributed by atoms with Crippen LogP contribution in [0, 0.1) is 0 Å². The molecule has 0 unspecified atom stereocenters. The molecule has 0 saturated carbocycles. The van der Waals surface area contributed by atoms with Crippen molar-refractivity contribution in [1.82, 2.24) is 4.57 Å². The van der Waals surface area contributed by atoms with Gasteiger partial charge >= 0.3 is 5.97 Å². The topological polar surface area (TPSA) is 88.4 Å². The Labute approximate surface area is 134 Å². The Morgan fingerprint density at radius 2 is 2.09 bits per heavy atom. The lowest BCUT2D eigenvalue weighted by Crippen LogP contribution is -2.17. The normalized spacial score (nSPS) is 10.2. The highest BCUT2D eigenvalue weighted by Gasteiger charge is 2.13. The Hall–Kier alpha value is -2.41. The molecular weight excluding hydrogens is 352 g/mol. The number of hydrogen-bond acceptors (Lipinski definition) is 3. The molecule has 0 aliphatic heterocycles. The third-order valence-corrected chi connectivity index (χ3v) is 3.54. The van der Waals surface area contributed by atoms with E-state index < -0.39 is 5.97 Å². The zero-order valence-corrected chi connectivity index (χ0v) is 13.0. The number of aromatic carboxylic acids is 1. The summed E-state index contributed by atoms with van der Waals surface area (Å²) < 4.78 is 2.28. The van der Waals surface area contributed by atoms with Gasteiger partial charge in [0.1, 0.15) is 0 Å². The molecule has 1 amide bonds. The minimum absolute atomic E-state index is 0.0114. The minimum Gasteiger partial charge on any atom is -0.478 e. The zero-order valence-electron chi connectivity index (χ0n) is 11.5. The molecule has 0 atom stereocenters. The lowest BCUT2D eigenvalue weighted by atomic mass is 10.1. The highest BCUT2D eigenvalue weighted by molar-refractivity contribution is 9.10. The maximum absolute atomic E-state index is 11.9. The predicted molar refractivity (Wildman–Crippen MR) is 84.2 cm³/mol. The maximum Gasteiger partial charge on any atom is 0.337 e. The fraction of sp³-hybridized carbons (Fsp3) is 0.133. The average molecular weight is 365 g/mol. The van der Waals surface area contributed by atoms with E-state index in [1.54, 1.807) is 29.0 Å². The van der Waals surface area contributed by atoms with E-state index in [2.05, 4.69) is 21.2 Å². The molecule has 0 radical (unpaired) electrons. The van der Waals surface area contributed by atoms with Crippen molar-refractivity contribution in [2.45, 2.75) is 13.0 Å². The Kier molecular flexibility index (Phi) is 5.11. The van der Waals surface area contributed by atoms with Gasteiger partial charge in [-0.2, -0.15) is 0 Å². The molecule has 0 saturated heterocycles. The van der Waals surface area contributed by atoms with E-state index in [0.29, 0.717) is 16.7 Å². The molecule has 1 heterocycles. The molecule has 0 aliphatic carbocycles. The molecule has 1 aromatic carbocycles. The zero-order chi connectivity index (χ0) is 16.1. The van der Waals surface area contributed by atoms with Gasteiger partial charge < -0.3 is 15.0 Å². The minimum atomic E-state index is -1.12. The molecule has 0 bridgehead atoms. The lowest BCUT2D eigenvalue weighted by Gasteiger charge is -2.10. The first-order valence-corrected chi connectivity index (χ1v) is 7.23. The number of aldehydes is 1. The van der Waals surface area contributed by atoms with Gasteiger partial charge in [0.05, 0.1) is 16.9 Å². The van der Waals surface area contributed by atoms with Crippen LogP contribution in [-0.2, 0) is 11.3 Å². The Morgan fingerprint density at radius 3 is 2.77 bits per heavy atom. The van der Waals surface area contributed by atoms with Crippen LogP contribution in [0.3, 0.4) is 0 Å². The highest BCUT2D eigenvalue weighted by Crippen LogP contribution is 2.21. The molecule has 2 aromatic rings. The summed E-state index contributed by atoms with van der Waals surface area (Å²) in [4.78, 5) is 33.9. The van der Waals surface area contributed by atoms with E-state index in [4.69, 9.17) is 5.11 Å². The molecule has 1 aromatic heterocycles. The van der Waals surface area contributed by atoms with Crippen molar-refractivity contribution >= 4 is 39.8 Å². The van der Waals surface area contributed by atoms with E-state index in [-0.39, 0.29) is 23.6 Å². The quantitative estimate of drug-likeness (QED) is 0.771.